The van der Waals surface area contributed by atoms with Crippen molar-refractivity contribution in [1.82, 2.24) is 19.8 Å². The molecule has 164 valence electrons. The number of nitrogens with one attached hydrogen (secondary N) is 1. The Labute approximate surface area is 187 Å². The van der Waals surface area contributed by atoms with Gasteiger partial charge in [-0.15, -0.1) is 11.3 Å². The van der Waals surface area contributed by atoms with Crippen LogP contribution in [0, 0.1) is 12.8 Å². The van der Waals surface area contributed by atoms with Crippen LogP contribution in [0.1, 0.15) is 65.7 Å². The summed E-state index contributed by atoms with van der Waals surface area (Å²) in [5.41, 5.74) is 2.98. The molecular weight excluding hydrogens is 408 g/mol. The first-order chi connectivity index (χ1) is 15.1. The Bertz CT molecular complexity index is 1060. The molecule has 4 heterocycles. The molecular formula is C24H30N4O2S. The number of carbonyl (C=O) groups excluding carboxylic acids is 1. The van der Waals surface area contributed by atoms with E-state index < -0.39 is 0 Å². The highest BCUT2D eigenvalue weighted by Gasteiger charge is 2.34. The van der Waals surface area contributed by atoms with E-state index in [4.69, 9.17) is 4.98 Å². The van der Waals surface area contributed by atoms with Gasteiger partial charge in [0, 0.05) is 43.9 Å². The molecule has 0 aromatic carbocycles. The Hall–Kier alpha value is -2.25. The van der Waals surface area contributed by atoms with Gasteiger partial charge < -0.3 is 9.88 Å². The van der Waals surface area contributed by atoms with Gasteiger partial charge in [0.2, 0.25) is 5.91 Å². The number of amides is 1. The maximum Gasteiger partial charge on any atom is 0.255 e. The quantitative estimate of drug-likeness (QED) is 0.723. The molecule has 3 aliphatic rings. The molecule has 5 rings (SSSR count). The molecule has 1 fully saturated rings. The number of nitrogens with zero attached hydrogens (tertiary/aromatic N) is 3. The Morgan fingerprint density at radius 3 is 3.00 bits per heavy atom. The lowest BCUT2D eigenvalue weighted by atomic mass is 10.0. The number of aromatic amines is 1. The summed E-state index contributed by atoms with van der Waals surface area (Å²) < 4.78 is 0. The van der Waals surface area contributed by atoms with Crippen molar-refractivity contribution in [3.63, 3.8) is 0 Å². The minimum Gasteiger partial charge on any atom is -0.332 e. The maximum absolute atomic E-state index is 13.0. The normalized spacial score (nSPS) is 23.5. The van der Waals surface area contributed by atoms with Crippen LogP contribution in [0.3, 0.4) is 0 Å². The van der Waals surface area contributed by atoms with Gasteiger partial charge >= 0.3 is 0 Å². The first-order valence-corrected chi connectivity index (χ1v) is 12.3. The number of aromatic nitrogens is 2. The second-order valence-corrected chi connectivity index (χ2v) is 10.1. The summed E-state index contributed by atoms with van der Waals surface area (Å²) in [5, 5.41) is 2.13. The minimum absolute atomic E-state index is 0.0365. The Morgan fingerprint density at radius 1 is 1.32 bits per heavy atom. The van der Waals surface area contributed by atoms with Crippen molar-refractivity contribution >= 4 is 17.2 Å². The minimum atomic E-state index is -0.0947. The van der Waals surface area contributed by atoms with E-state index in [9.17, 15) is 9.59 Å². The van der Waals surface area contributed by atoms with Gasteiger partial charge in [0.1, 0.15) is 5.82 Å². The monoisotopic (exact) mass is 438 g/mol. The smallest absolute Gasteiger partial charge is 0.255 e. The van der Waals surface area contributed by atoms with Gasteiger partial charge in [-0.1, -0.05) is 12.2 Å². The lowest BCUT2D eigenvalue weighted by Crippen LogP contribution is -2.38. The fourth-order valence-electron chi connectivity index (χ4n) is 5.12. The van der Waals surface area contributed by atoms with E-state index in [1.807, 2.05) is 4.90 Å². The van der Waals surface area contributed by atoms with Crippen molar-refractivity contribution in [2.75, 3.05) is 13.1 Å². The van der Waals surface area contributed by atoms with Gasteiger partial charge in [0.25, 0.3) is 5.56 Å². The standard InChI is InChI=1S/C24H30N4O2S/c1-16-9-12-31-21(16)15-27-11-8-19-18(14-27)24(30)26-23(25-19)20-7-4-10-28(20)22(29)13-17-5-2-3-6-17/h2,5,9,12,17,20H,3-4,6-8,10-11,13-15H2,1H3,(H,25,26,30)/t17-,20-/m1/s1. The van der Waals surface area contributed by atoms with Gasteiger partial charge in [0.15, 0.2) is 0 Å². The van der Waals surface area contributed by atoms with Crippen LogP contribution in [0.5, 0.6) is 0 Å². The zero-order valence-corrected chi connectivity index (χ0v) is 18.9. The largest absolute Gasteiger partial charge is 0.332 e. The number of carbonyl (C=O) groups is 1. The van der Waals surface area contributed by atoms with Gasteiger partial charge in [-0.2, -0.15) is 0 Å². The molecule has 2 aromatic rings. The molecule has 2 aromatic heterocycles. The topological polar surface area (TPSA) is 69.3 Å². The van der Waals surface area contributed by atoms with Crippen molar-refractivity contribution in [2.45, 2.75) is 64.6 Å². The van der Waals surface area contributed by atoms with Crippen LogP contribution in [0.25, 0.3) is 0 Å². The molecule has 0 spiro atoms. The third-order valence-electron chi connectivity index (χ3n) is 6.94. The van der Waals surface area contributed by atoms with Crippen LogP contribution in [-0.2, 0) is 24.3 Å². The SMILES string of the molecule is Cc1ccsc1CN1CCc2nc([C@H]3CCCN3C(=O)C[C@@H]3C=CCC3)[nH]c(=O)c2C1. The number of fused-ring (bicyclic) bond motifs is 1. The highest BCUT2D eigenvalue weighted by atomic mass is 32.1. The van der Waals surface area contributed by atoms with E-state index in [0.29, 0.717) is 24.7 Å². The van der Waals surface area contributed by atoms with Gasteiger partial charge in [-0.25, -0.2) is 4.98 Å². The van der Waals surface area contributed by atoms with Crippen LogP contribution in [-0.4, -0.2) is 38.8 Å². The van der Waals surface area contributed by atoms with E-state index in [2.05, 4.69) is 40.4 Å². The summed E-state index contributed by atoms with van der Waals surface area (Å²) in [6.07, 6.45) is 9.67. The number of likely N-dealkylation sites (tertiary alicyclic amines) is 1. The van der Waals surface area contributed by atoms with Crippen LogP contribution in [0.4, 0.5) is 0 Å². The first-order valence-electron chi connectivity index (χ1n) is 11.4. The highest BCUT2D eigenvalue weighted by Crippen LogP contribution is 2.32. The number of thiophene rings is 1. The molecule has 31 heavy (non-hydrogen) atoms. The van der Waals surface area contributed by atoms with Crippen molar-refractivity contribution in [3.05, 3.63) is 61.5 Å². The van der Waals surface area contributed by atoms with Crippen LogP contribution in [0.2, 0.25) is 0 Å². The molecule has 0 unspecified atom stereocenters. The molecule has 2 aliphatic heterocycles. The van der Waals surface area contributed by atoms with Crippen molar-refractivity contribution < 1.29 is 4.79 Å². The molecule has 1 N–H and O–H groups in total. The summed E-state index contributed by atoms with van der Waals surface area (Å²) in [7, 11) is 0. The Kier molecular flexibility index (Phi) is 5.80. The fourth-order valence-corrected chi connectivity index (χ4v) is 6.07. The van der Waals surface area contributed by atoms with Crippen LogP contribution >= 0.6 is 11.3 Å². The third-order valence-corrected chi connectivity index (χ3v) is 7.95. The zero-order chi connectivity index (χ0) is 21.4. The van der Waals surface area contributed by atoms with Crippen molar-refractivity contribution in [2.24, 2.45) is 5.92 Å². The lowest BCUT2D eigenvalue weighted by Gasteiger charge is -2.29. The number of allylic oxidation sites excluding steroid dienone is 2. The number of rotatable bonds is 5. The lowest BCUT2D eigenvalue weighted by molar-refractivity contribution is -0.133. The Morgan fingerprint density at radius 2 is 2.23 bits per heavy atom. The summed E-state index contributed by atoms with van der Waals surface area (Å²) in [6.45, 7) is 5.32. The van der Waals surface area contributed by atoms with Crippen molar-refractivity contribution in [1.29, 1.82) is 0 Å². The van der Waals surface area contributed by atoms with Gasteiger partial charge in [-0.3, -0.25) is 14.5 Å². The van der Waals surface area contributed by atoms with Crippen LogP contribution in [0.15, 0.2) is 28.4 Å². The van der Waals surface area contributed by atoms with E-state index in [-0.39, 0.29) is 17.5 Å². The van der Waals surface area contributed by atoms with Crippen molar-refractivity contribution in [3.8, 4) is 0 Å². The predicted molar refractivity (Wildman–Crippen MR) is 122 cm³/mol. The molecule has 1 saturated heterocycles. The summed E-state index contributed by atoms with van der Waals surface area (Å²) >= 11 is 1.78. The molecule has 7 heteroatoms. The molecule has 1 aliphatic carbocycles. The number of hydrogen-bond donors (Lipinski definition) is 1. The summed E-state index contributed by atoms with van der Waals surface area (Å²) in [5.74, 6) is 1.23. The second-order valence-electron chi connectivity index (χ2n) is 9.08. The molecule has 0 radical (unpaired) electrons. The highest BCUT2D eigenvalue weighted by molar-refractivity contribution is 7.10. The van der Waals surface area contributed by atoms with E-state index in [0.717, 1.165) is 63.0 Å². The zero-order valence-electron chi connectivity index (χ0n) is 18.1. The van der Waals surface area contributed by atoms with Crippen LogP contribution < -0.4 is 5.56 Å². The Balaban J connectivity index is 1.32. The molecule has 1 amide bonds. The average Bonchev–Trinajstić information content (AvgIpc) is 3.51. The van der Waals surface area contributed by atoms with E-state index >= 15 is 0 Å². The summed E-state index contributed by atoms with van der Waals surface area (Å²) in [4.78, 5) is 39.5. The van der Waals surface area contributed by atoms with Gasteiger partial charge in [0.05, 0.1) is 17.3 Å². The molecule has 0 bridgehead atoms. The first kappa shape index (κ1) is 20.6. The second kappa shape index (κ2) is 8.71. The third kappa shape index (κ3) is 4.26. The number of hydrogen-bond acceptors (Lipinski definition) is 5. The predicted octanol–water partition coefficient (Wildman–Crippen LogP) is 3.72. The molecule has 6 nitrogen and oxygen atoms in total. The molecule has 2 atom stereocenters. The number of H-pyrrole nitrogens is 1. The average molecular weight is 439 g/mol. The van der Waals surface area contributed by atoms with E-state index in [1.54, 1.807) is 11.3 Å². The fraction of sp³-hybridized carbons (Fsp3) is 0.542. The van der Waals surface area contributed by atoms with Gasteiger partial charge in [-0.05, 0) is 55.5 Å². The number of aryl methyl sites for hydroxylation is 1. The maximum atomic E-state index is 13.0. The summed E-state index contributed by atoms with van der Waals surface area (Å²) in [6, 6.07) is 2.05. The van der Waals surface area contributed by atoms with E-state index in [1.165, 1.54) is 10.4 Å². The molecule has 0 saturated carbocycles.